The van der Waals surface area contributed by atoms with Gasteiger partial charge in [-0.2, -0.15) is 0 Å². The van der Waals surface area contributed by atoms with Gasteiger partial charge in [0, 0.05) is 12.6 Å². The van der Waals surface area contributed by atoms with Gasteiger partial charge in [-0.3, -0.25) is 4.79 Å². The minimum atomic E-state index is 0.232. The number of carbonyl (C=O) groups excluding carboxylic acids is 1. The highest BCUT2D eigenvalue weighted by Gasteiger charge is 2.25. The Labute approximate surface area is 119 Å². The number of piperidine rings is 1. The van der Waals surface area contributed by atoms with Crippen molar-refractivity contribution in [3.05, 3.63) is 23.8 Å². The van der Waals surface area contributed by atoms with Gasteiger partial charge in [-0.25, -0.2) is 0 Å². The number of benzene rings is 1. The zero-order chi connectivity index (χ0) is 13.9. The van der Waals surface area contributed by atoms with Gasteiger partial charge < -0.3 is 14.4 Å². The number of hydrogen-bond acceptors (Lipinski definition) is 3. The highest BCUT2D eigenvalue weighted by Crippen LogP contribution is 2.33. The van der Waals surface area contributed by atoms with E-state index < -0.39 is 0 Å². The van der Waals surface area contributed by atoms with Crippen LogP contribution >= 0.6 is 0 Å². The van der Waals surface area contributed by atoms with Gasteiger partial charge in [-0.15, -0.1) is 0 Å². The van der Waals surface area contributed by atoms with Crippen molar-refractivity contribution in [3.8, 4) is 11.5 Å². The predicted octanol–water partition coefficient (Wildman–Crippen LogP) is 2.75. The lowest BCUT2D eigenvalue weighted by atomic mass is 9.99. The molecule has 4 heteroatoms. The van der Waals surface area contributed by atoms with Gasteiger partial charge >= 0.3 is 0 Å². The molecular formula is C16H21NO3. The van der Waals surface area contributed by atoms with Crippen molar-refractivity contribution >= 4 is 5.91 Å². The Morgan fingerprint density at radius 3 is 3.00 bits per heavy atom. The third-order valence-electron chi connectivity index (χ3n) is 4.21. The van der Waals surface area contributed by atoms with Crippen LogP contribution in [0.4, 0.5) is 0 Å². The second-order valence-corrected chi connectivity index (χ2v) is 5.51. The first-order chi connectivity index (χ1) is 9.78. The Morgan fingerprint density at radius 1 is 1.30 bits per heavy atom. The lowest BCUT2D eigenvalue weighted by Crippen LogP contribution is -2.44. The number of fused-ring (bicyclic) bond motifs is 1. The fourth-order valence-corrected chi connectivity index (χ4v) is 3.08. The third kappa shape index (κ3) is 2.60. The molecule has 2 aliphatic rings. The van der Waals surface area contributed by atoms with Gasteiger partial charge in [-0.1, -0.05) is 13.0 Å². The summed E-state index contributed by atoms with van der Waals surface area (Å²) in [6, 6.07) is 6.19. The van der Waals surface area contributed by atoms with Crippen molar-refractivity contribution < 1.29 is 14.3 Å². The first-order valence-corrected chi connectivity index (χ1v) is 7.46. The minimum absolute atomic E-state index is 0.232. The van der Waals surface area contributed by atoms with Crippen LogP contribution in [0.25, 0.3) is 0 Å². The van der Waals surface area contributed by atoms with Crippen LogP contribution in [0.3, 0.4) is 0 Å². The number of ether oxygens (including phenoxy) is 2. The van der Waals surface area contributed by atoms with Crippen LogP contribution in [0.15, 0.2) is 18.2 Å². The van der Waals surface area contributed by atoms with E-state index in [0.29, 0.717) is 12.5 Å². The zero-order valence-electron chi connectivity index (χ0n) is 11.9. The summed E-state index contributed by atoms with van der Waals surface area (Å²) in [5, 5.41) is 0. The summed E-state index contributed by atoms with van der Waals surface area (Å²) in [6.45, 7) is 3.34. The van der Waals surface area contributed by atoms with Crippen LogP contribution in [-0.2, 0) is 11.2 Å². The van der Waals surface area contributed by atoms with Crippen LogP contribution in [-0.4, -0.2) is 30.2 Å². The molecule has 0 aliphatic carbocycles. The maximum absolute atomic E-state index is 12.5. The maximum Gasteiger partial charge on any atom is 0.231 e. The molecule has 20 heavy (non-hydrogen) atoms. The van der Waals surface area contributed by atoms with Gasteiger partial charge in [0.15, 0.2) is 11.5 Å². The van der Waals surface area contributed by atoms with Crippen molar-refractivity contribution in [1.29, 1.82) is 0 Å². The summed E-state index contributed by atoms with van der Waals surface area (Å²) in [4.78, 5) is 14.6. The van der Waals surface area contributed by atoms with Crippen LogP contribution < -0.4 is 9.47 Å². The van der Waals surface area contributed by atoms with E-state index >= 15 is 0 Å². The summed E-state index contributed by atoms with van der Waals surface area (Å²) in [5.74, 6) is 1.75. The van der Waals surface area contributed by atoms with Crippen molar-refractivity contribution in [1.82, 2.24) is 4.90 Å². The van der Waals surface area contributed by atoms with E-state index in [4.69, 9.17) is 9.47 Å². The number of carbonyl (C=O) groups is 1. The van der Waals surface area contributed by atoms with Crippen molar-refractivity contribution in [2.45, 2.75) is 45.1 Å². The molecule has 1 saturated heterocycles. The minimum Gasteiger partial charge on any atom is -0.454 e. The molecule has 0 aromatic heterocycles. The van der Waals surface area contributed by atoms with E-state index in [-0.39, 0.29) is 12.7 Å². The molecule has 1 aromatic carbocycles. The van der Waals surface area contributed by atoms with Gasteiger partial charge in [0.25, 0.3) is 0 Å². The van der Waals surface area contributed by atoms with E-state index in [2.05, 4.69) is 11.8 Å². The molecule has 0 saturated carbocycles. The monoisotopic (exact) mass is 275 g/mol. The second kappa shape index (κ2) is 5.73. The maximum atomic E-state index is 12.5. The number of amides is 1. The summed E-state index contributed by atoms with van der Waals surface area (Å²) in [7, 11) is 0. The number of rotatable bonds is 3. The van der Waals surface area contributed by atoms with Gasteiger partial charge in [0.05, 0.1) is 6.42 Å². The van der Waals surface area contributed by atoms with E-state index in [1.165, 1.54) is 6.42 Å². The van der Waals surface area contributed by atoms with Crippen LogP contribution in [0.1, 0.15) is 38.2 Å². The summed E-state index contributed by atoms with van der Waals surface area (Å²) >= 11 is 0. The Hall–Kier alpha value is -1.71. The molecular weight excluding hydrogens is 254 g/mol. The quantitative estimate of drug-likeness (QED) is 0.851. The molecule has 0 bridgehead atoms. The molecule has 3 rings (SSSR count). The predicted molar refractivity (Wildman–Crippen MR) is 75.9 cm³/mol. The molecule has 1 fully saturated rings. The molecule has 0 radical (unpaired) electrons. The fourth-order valence-electron chi connectivity index (χ4n) is 3.08. The first-order valence-electron chi connectivity index (χ1n) is 7.46. The molecule has 1 aromatic rings. The van der Waals surface area contributed by atoms with Gasteiger partial charge in [-0.05, 0) is 43.4 Å². The molecule has 1 unspecified atom stereocenters. The number of hydrogen-bond donors (Lipinski definition) is 0. The molecule has 0 N–H and O–H groups in total. The average Bonchev–Trinajstić information content (AvgIpc) is 2.94. The highest BCUT2D eigenvalue weighted by molar-refractivity contribution is 5.79. The van der Waals surface area contributed by atoms with Crippen molar-refractivity contribution in [2.24, 2.45) is 0 Å². The Bertz CT molecular complexity index is 500. The second-order valence-electron chi connectivity index (χ2n) is 5.51. The first kappa shape index (κ1) is 13.3. The fraction of sp³-hybridized carbons (Fsp3) is 0.562. The average molecular weight is 275 g/mol. The largest absolute Gasteiger partial charge is 0.454 e. The van der Waals surface area contributed by atoms with Crippen molar-refractivity contribution in [2.75, 3.05) is 13.3 Å². The Balaban J connectivity index is 1.69. The lowest BCUT2D eigenvalue weighted by Gasteiger charge is -2.35. The van der Waals surface area contributed by atoms with Crippen LogP contribution in [0.5, 0.6) is 11.5 Å². The number of likely N-dealkylation sites (tertiary alicyclic amines) is 1. The summed E-state index contributed by atoms with van der Waals surface area (Å²) in [6.07, 6.45) is 5.01. The molecule has 0 spiro atoms. The van der Waals surface area contributed by atoms with E-state index in [1.807, 2.05) is 18.2 Å². The normalized spacial score (nSPS) is 21.1. The van der Waals surface area contributed by atoms with Crippen LogP contribution in [0, 0.1) is 0 Å². The summed E-state index contributed by atoms with van der Waals surface area (Å²) < 4.78 is 10.7. The smallest absolute Gasteiger partial charge is 0.231 e. The SMILES string of the molecule is CCC1CCCCN1C(=O)Cc1ccc2c(c1)OCO2. The third-order valence-corrected chi connectivity index (χ3v) is 4.21. The lowest BCUT2D eigenvalue weighted by molar-refractivity contribution is -0.134. The van der Waals surface area contributed by atoms with E-state index in [0.717, 1.165) is 42.9 Å². The molecule has 2 aliphatic heterocycles. The van der Waals surface area contributed by atoms with Crippen molar-refractivity contribution in [3.63, 3.8) is 0 Å². The standard InChI is InChI=1S/C16H21NO3/c1-2-13-5-3-4-8-17(13)16(18)10-12-6-7-14-15(9-12)20-11-19-14/h6-7,9,13H,2-5,8,10-11H2,1H3. The van der Waals surface area contributed by atoms with Gasteiger partial charge in [0.2, 0.25) is 12.7 Å². The zero-order valence-corrected chi connectivity index (χ0v) is 11.9. The topological polar surface area (TPSA) is 38.8 Å². The molecule has 1 amide bonds. The Morgan fingerprint density at radius 2 is 2.15 bits per heavy atom. The molecule has 2 heterocycles. The highest BCUT2D eigenvalue weighted by atomic mass is 16.7. The molecule has 108 valence electrons. The van der Waals surface area contributed by atoms with E-state index in [9.17, 15) is 4.79 Å². The Kier molecular flexibility index (Phi) is 3.81. The van der Waals surface area contributed by atoms with E-state index in [1.54, 1.807) is 0 Å². The van der Waals surface area contributed by atoms with Gasteiger partial charge in [0.1, 0.15) is 0 Å². The van der Waals surface area contributed by atoms with Crippen LogP contribution in [0.2, 0.25) is 0 Å². The molecule has 4 nitrogen and oxygen atoms in total. The number of nitrogens with zero attached hydrogens (tertiary/aromatic N) is 1. The summed E-state index contributed by atoms with van der Waals surface area (Å²) in [5.41, 5.74) is 1.000. The molecule has 1 atom stereocenters.